The van der Waals surface area contributed by atoms with Crippen LogP contribution in [0.25, 0.3) is 0 Å². The fraction of sp³-hybridized carbons (Fsp3) is 0.727. The van der Waals surface area contributed by atoms with Crippen LogP contribution in [0.3, 0.4) is 0 Å². The van der Waals surface area contributed by atoms with Gasteiger partial charge in [-0.2, -0.15) is 5.10 Å². The van der Waals surface area contributed by atoms with E-state index in [9.17, 15) is 0 Å². The van der Waals surface area contributed by atoms with E-state index in [1.807, 2.05) is 17.1 Å². The minimum Gasteiger partial charge on any atom is -0.395 e. The first-order valence-corrected chi connectivity index (χ1v) is 5.60. The van der Waals surface area contributed by atoms with Crippen molar-refractivity contribution in [1.29, 1.82) is 0 Å². The van der Waals surface area contributed by atoms with Gasteiger partial charge in [0.15, 0.2) is 0 Å². The fourth-order valence-electron chi connectivity index (χ4n) is 1.53. The number of rotatable bonds is 6. The molecule has 0 saturated heterocycles. The van der Waals surface area contributed by atoms with Gasteiger partial charge < -0.3 is 10.4 Å². The molecule has 0 saturated carbocycles. The molecule has 0 aliphatic rings. The molecular formula is C11H21N3O. The third-order valence-corrected chi connectivity index (χ3v) is 2.68. The molecule has 86 valence electrons. The van der Waals surface area contributed by atoms with Crippen LogP contribution < -0.4 is 5.32 Å². The summed E-state index contributed by atoms with van der Waals surface area (Å²) < 4.78 is 1.91. The van der Waals surface area contributed by atoms with E-state index in [1.165, 1.54) is 5.56 Å². The molecule has 0 aliphatic heterocycles. The molecule has 4 nitrogen and oxygen atoms in total. The Morgan fingerprint density at radius 2 is 2.27 bits per heavy atom. The highest BCUT2D eigenvalue weighted by Crippen LogP contribution is 2.12. The number of aliphatic hydroxyl groups is 1. The molecule has 15 heavy (non-hydrogen) atoms. The van der Waals surface area contributed by atoms with Crippen molar-refractivity contribution in [1.82, 2.24) is 15.1 Å². The first-order chi connectivity index (χ1) is 7.21. The minimum atomic E-state index is 0.171. The number of nitrogens with zero attached hydrogens (tertiary/aromatic N) is 2. The molecule has 1 heterocycles. The summed E-state index contributed by atoms with van der Waals surface area (Å²) in [6.45, 7) is 7.30. The van der Waals surface area contributed by atoms with Crippen molar-refractivity contribution in [2.75, 3.05) is 6.61 Å². The van der Waals surface area contributed by atoms with Crippen molar-refractivity contribution in [3.05, 3.63) is 18.0 Å². The van der Waals surface area contributed by atoms with E-state index in [4.69, 9.17) is 5.11 Å². The van der Waals surface area contributed by atoms with Gasteiger partial charge in [-0.05, 0) is 20.3 Å². The van der Waals surface area contributed by atoms with Crippen molar-refractivity contribution >= 4 is 0 Å². The lowest BCUT2D eigenvalue weighted by Crippen LogP contribution is -2.33. The van der Waals surface area contributed by atoms with Gasteiger partial charge in [0.05, 0.1) is 12.8 Å². The van der Waals surface area contributed by atoms with Gasteiger partial charge in [-0.15, -0.1) is 0 Å². The summed E-state index contributed by atoms with van der Waals surface area (Å²) >= 11 is 0. The van der Waals surface area contributed by atoms with Crippen LogP contribution in [-0.4, -0.2) is 27.5 Å². The Hall–Kier alpha value is -0.870. The Labute approximate surface area is 91.3 Å². The minimum absolute atomic E-state index is 0.171. The van der Waals surface area contributed by atoms with Gasteiger partial charge >= 0.3 is 0 Å². The van der Waals surface area contributed by atoms with Crippen LogP contribution in [0.15, 0.2) is 12.4 Å². The van der Waals surface area contributed by atoms with Crippen LogP contribution in [0.5, 0.6) is 0 Å². The predicted octanol–water partition coefficient (Wildman–Crippen LogP) is 1.32. The van der Waals surface area contributed by atoms with Crippen LogP contribution in [0.1, 0.15) is 38.8 Å². The smallest absolute Gasteiger partial charge is 0.0584 e. The van der Waals surface area contributed by atoms with Crippen LogP contribution in [-0.2, 0) is 6.54 Å². The average Bonchev–Trinajstić information content (AvgIpc) is 2.74. The average molecular weight is 211 g/mol. The van der Waals surface area contributed by atoms with Crippen LogP contribution in [0, 0.1) is 0 Å². The lowest BCUT2D eigenvalue weighted by Gasteiger charge is -2.19. The quantitative estimate of drug-likeness (QED) is 0.746. The van der Waals surface area contributed by atoms with Crippen LogP contribution in [0.2, 0.25) is 0 Å². The highest BCUT2D eigenvalue weighted by atomic mass is 16.3. The van der Waals surface area contributed by atoms with E-state index in [-0.39, 0.29) is 18.7 Å². The maximum Gasteiger partial charge on any atom is 0.0584 e. The number of nitrogens with one attached hydrogen (secondary N) is 1. The number of hydrogen-bond acceptors (Lipinski definition) is 3. The van der Waals surface area contributed by atoms with Crippen LogP contribution in [0.4, 0.5) is 0 Å². The van der Waals surface area contributed by atoms with Gasteiger partial charge in [-0.1, -0.05) is 6.92 Å². The van der Waals surface area contributed by atoms with Gasteiger partial charge in [-0.3, -0.25) is 4.68 Å². The molecule has 1 aromatic rings. The molecule has 1 unspecified atom stereocenters. The van der Waals surface area contributed by atoms with E-state index in [2.05, 4.69) is 31.2 Å². The van der Waals surface area contributed by atoms with Gasteiger partial charge in [0.25, 0.3) is 0 Å². The van der Waals surface area contributed by atoms with E-state index in [0.29, 0.717) is 0 Å². The second-order valence-corrected chi connectivity index (χ2v) is 3.81. The molecule has 1 rings (SSSR count). The number of aryl methyl sites for hydroxylation is 1. The first kappa shape index (κ1) is 12.2. The fourth-order valence-corrected chi connectivity index (χ4v) is 1.53. The zero-order valence-corrected chi connectivity index (χ0v) is 9.77. The predicted molar refractivity (Wildman–Crippen MR) is 60.6 cm³/mol. The van der Waals surface area contributed by atoms with E-state index in [0.717, 1.165) is 13.0 Å². The zero-order valence-electron chi connectivity index (χ0n) is 9.77. The Morgan fingerprint density at radius 3 is 2.73 bits per heavy atom. The highest BCUT2D eigenvalue weighted by molar-refractivity contribution is 5.09. The van der Waals surface area contributed by atoms with Crippen LogP contribution >= 0.6 is 0 Å². The van der Waals surface area contributed by atoms with Crippen molar-refractivity contribution in [2.45, 2.75) is 45.8 Å². The summed E-state index contributed by atoms with van der Waals surface area (Å²) in [5.74, 6) is 0. The molecule has 2 N–H and O–H groups in total. The Kier molecular flexibility index (Phi) is 4.78. The summed E-state index contributed by atoms with van der Waals surface area (Å²) in [6, 6.07) is 0.410. The second kappa shape index (κ2) is 5.88. The molecular weight excluding hydrogens is 190 g/mol. The SMILES string of the molecule is CC[C@H](CO)NC(C)c1cnn(CC)c1. The highest BCUT2D eigenvalue weighted by Gasteiger charge is 2.12. The largest absolute Gasteiger partial charge is 0.395 e. The molecule has 4 heteroatoms. The van der Waals surface area contributed by atoms with Crippen molar-refractivity contribution in [3.63, 3.8) is 0 Å². The molecule has 0 amide bonds. The Bertz CT molecular complexity index is 281. The number of aliphatic hydroxyl groups excluding tert-OH is 1. The van der Waals surface area contributed by atoms with Crippen molar-refractivity contribution < 1.29 is 5.11 Å². The molecule has 0 aliphatic carbocycles. The van der Waals surface area contributed by atoms with Gasteiger partial charge in [0.1, 0.15) is 0 Å². The molecule has 0 aromatic carbocycles. The number of hydrogen-bond donors (Lipinski definition) is 2. The maximum absolute atomic E-state index is 9.09. The summed E-state index contributed by atoms with van der Waals surface area (Å²) in [7, 11) is 0. The lowest BCUT2D eigenvalue weighted by atomic mass is 10.1. The normalized spacial score (nSPS) is 15.2. The maximum atomic E-state index is 9.09. The monoisotopic (exact) mass is 211 g/mol. The summed E-state index contributed by atoms with van der Waals surface area (Å²) in [4.78, 5) is 0. The second-order valence-electron chi connectivity index (χ2n) is 3.81. The van der Waals surface area contributed by atoms with Crippen molar-refractivity contribution in [3.8, 4) is 0 Å². The molecule has 2 atom stereocenters. The van der Waals surface area contributed by atoms with Gasteiger partial charge in [0.2, 0.25) is 0 Å². The summed E-state index contributed by atoms with van der Waals surface area (Å²) in [5, 5.41) is 16.7. The summed E-state index contributed by atoms with van der Waals surface area (Å²) in [5.41, 5.74) is 1.17. The van der Waals surface area contributed by atoms with Gasteiger partial charge in [0, 0.05) is 30.4 Å². The number of aromatic nitrogens is 2. The Morgan fingerprint density at radius 1 is 1.53 bits per heavy atom. The third kappa shape index (κ3) is 3.32. The van der Waals surface area contributed by atoms with E-state index < -0.39 is 0 Å². The molecule has 0 fully saturated rings. The standard InChI is InChI=1S/C11H21N3O/c1-4-11(8-15)13-9(3)10-6-12-14(5-2)7-10/h6-7,9,11,13,15H,4-5,8H2,1-3H3/t9?,11-/m1/s1. The Balaban J connectivity index is 2.55. The summed E-state index contributed by atoms with van der Waals surface area (Å²) in [6.07, 6.45) is 4.86. The topological polar surface area (TPSA) is 50.1 Å². The molecule has 0 bridgehead atoms. The van der Waals surface area contributed by atoms with E-state index >= 15 is 0 Å². The lowest BCUT2D eigenvalue weighted by molar-refractivity contribution is 0.230. The molecule has 1 aromatic heterocycles. The zero-order chi connectivity index (χ0) is 11.3. The molecule has 0 spiro atoms. The third-order valence-electron chi connectivity index (χ3n) is 2.68. The molecule has 0 radical (unpaired) electrons. The van der Waals surface area contributed by atoms with E-state index in [1.54, 1.807) is 0 Å². The first-order valence-electron chi connectivity index (χ1n) is 5.60. The van der Waals surface area contributed by atoms with Crippen molar-refractivity contribution in [2.24, 2.45) is 0 Å². The van der Waals surface area contributed by atoms with Gasteiger partial charge in [-0.25, -0.2) is 0 Å².